The summed E-state index contributed by atoms with van der Waals surface area (Å²) < 4.78 is 0. The molecule has 1 aliphatic carbocycles. The van der Waals surface area contributed by atoms with Gasteiger partial charge in [-0.15, -0.1) is 11.6 Å². The summed E-state index contributed by atoms with van der Waals surface area (Å²) >= 11 is 5.78. The first kappa shape index (κ1) is 11.6. The van der Waals surface area contributed by atoms with Crippen molar-refractivity contribution in [2.45, 2.75) is 32.1 Å². The lowest BCUT2D eigenvalue weighted by atomic mass is 10.1. The fourth-order valence-electron chi connectivity index (χ4n) is 2.24. The number of nitrogens with zero attached hydrogens (tertiary/aromatic N) is 3. The molecule has 88 valence electrons. The molecule has 16 heavy (non-hydrogen) atoms. The molecule has 0 fully saturated rings. The third kappa shape index (κ3) is 2.46. The first-order valence-corrected chi connectivity index (χ1v) is 6.46. The fourth-order valence-corrected chi connectivity index (χ4v) is 2.50. The number of halogens is 1. The molecule has 0 aliphatic heterocycles. The van der Waals surface area contributed by atoms with E-state index in [2.05, 4.69) is 21.9 Å². The number of hydrogen-bond donors (Lipinski definition) is 0. The number of rotatable bonds is 3. The van der Waals surface area contributed by atoms with Crippen molar-refractivity contribution in [3.05, 3.63) is 17.6 Å². The fraction of sp³-hybridized carbons (Fsp3) is 0.667. The summed E-state index contributed by atoms with van der Waals surface area (Å²) in [5.41, 5.74) is 2.58. The molecule has 1 heterocycles. The van der Waals surface area contributed by atoms with Crippen molar-refractivity contribution in [1.82, 2.24) is 9.97 Å². The van der Waals surface area contributed by atoms with Crippen LogP contribution in [0.4, 0.5) is 5.82 Å². The normalized spacial score (nSPS) is 15.4. The van der Waals surface area contributed by atoms with Crippen LogP contribution >= 0.6 is 11.6 Å². The number of alkyl halides is 1. The summed E-state index contributed by atoms with van der Waals surface area (Å²) in [5, 5.41) is 0. The molecule has 0 spiro atoms. The SMILES string of the molecule is CN(CCCl)c1ncnc2c1CCCCC2. The van der Waals surface area contributed by atoms with Crippen molar-refractivity contribution in [2.24, 2.45) is 0 Å². The molecule has 0 atom stereocenters. The Balaban J connectivity index is 2.30. The largest absolute Gasteiger partial charge is 0.358 e. The molecular weight excluding hydrogens is 222 g/mol. The van der Waals surface area contributed by atoms with Gasteiger partial charge in [-0.3, -0.25) is 0 Å². The maximum atomic E-state index is 5.78. The van der Waals surface area contributed by atoms with Gasteiger partial charge in [0, 0.05) is 30.7 Å². The highest BCUT2D eigenvalue weighted by molar-refractivity contribution is 6.18. The Hall–Kier alpha value is -0.830. The van der Waals surface area contributed by atoms with Gasteiger partial charge in [-0.05, 0) is 25.7 Å². The molecule has 0 saturated heterocycles. The molecule has 4 heteroatoms. The highest BCUT2D eigenvalue weighted by Gasteiger charge is 2.16. The standard InChI is InChI=1S/C12H18ClN3/c1-16(8-7-13)12-10-5-3-2-4-6-11(10)14-9-15-12/h9H,2-8H2,1H3. The third-order valence-corrected chi connectivity index (χ3v) is 3.30. The summed E-state index contributed by atoms with van der Waals surface area (Å²) in [6, 6.07) is 0. The van der Waals surface area contributed by atoms with Crippen molar-refractivity contribution in [2.75, 3.05) is 24.4 Å². The van der Waals surface area contributed by atoms with Gasteiger partial charge in [0.2, 0.25) is 0 Å². The first-order chi connectivity index (χ1) is 7.83. The molecular formula is C12H18ClN3. The predicted octanol–water partition coefficient (Wildman–Crippen LogP) is 2.42. The number of anilines is 1. The Kier molecular flexibility index (Phi) is 3.99. The van der Waals surface area contributed by atoms with Crippen molar-refractivity contribution >= 4 is 17.4 Å². The van der Waals surface area contributed by atoms with Crippen LogP contribution in [0.3, 0.4) is 0 Å². The molecule has 0 aromatic carbocycles. The van der Waals surface area contributed by atoms with Gasteiger partial charge in [0.1, 0.15) is 12.1 Å². The van der Waals surface area contributed by atoms with Crippen LogP contribution in [0.25, 0.3) is 0 Å². The van der Waals surface area contributed by atoms with Crippen molar-refractivity contribution in [1.29, 1.82) is 0 Å². The molecule has 0 radical (unpaired) electrons. The zero-order chi connectivity index (χ0) is 11.4. The zero-order valence-corrected chi connectivity index (χ0v) is 10.5. The van der Waals surface area contributed by atoms with Gasteiger partial charge in [0.15, 0.2) is 0 Å². The summed E-state index contributed by atoms with van der Waals surface area (Å²) in [4.78, 5) is 11.0. The maximum absolute atomic E-state index is 5.78. The van der Waals surface area contributed by atoms with Crippen LogP contribution in [-0.4, -0.2) is 29.4 Å². The van der Waals surface area contributed by atoms with E-state index >= 15 is 0 Å². The minimum atomic E-state index is 0.634. The maximum Gasteiger partial charge on any atom is 0.135 e. The van der Waals surface area contributed by atoms with E-state index in [0.29, 0.717) is 5.88 Å². The molecule has 0 unspecified atom stereocenters. The molecule has 0 saturated carbocycles. The van der Waals surface area contributed by atoms with E-state index in [1.807, 2.05) is 0 Å². The van der Waals surface area contributed by atoms with Gasteiger partial charge in [0.05, 0.1) is 0 Å². The van der Waals surface area contributed by atoms with E-state index < -0.39 is 0 Å². The summed E-state index contributed by atoms with van der Waals surface area (Å²) in [6.07, 6.45) is 7.70. The molecule has 1 aliphatic rings. The second kappa shape index (κ2) is 5.48. The van der Waals surface area contributed by atoms with Crippen molar-refractivity contribution < 1.29 is 0 Å². The Morgan fingerprint density at radius 1 is 1.25 bits per heavy atom. The smallest absolute Gasteiger partial charge is 0.135 e. The predicted molar refractivity (Wildman–Crippen MR) is 67.3 cm³/mol. The Morgan fingerprint density at radius 2 is 2.06 bits per heavy atom. The minimum Gasteiger partial charge on any atom is -0.358 e. The number of aryl methyl sites for hydroxylation is 1. The van der Waals surface area contributed by atoms with Gasteiger partial charge in [-0.1, -0.05) is 6.42 Å². The Bertz CT molecular complexity index is 354. The van der Waals surface area contributed by atoms with E-state index in [1.54, 1.807) is 6.33 Å². The minimum absolute atomic E-state index is 0.634. The van der Waals surface area contributed by atoms with E-state index in [4.69, 9.17) is 11.6 Å². The molecule has 1 aromatic rings. The Labute approximate surface area is 102 Å². The summed E-state index contributed by atoms with van der Waals surface area (Å²) in [6.45, 7) is 0.838. The average molecular weight is 240 g/mol. The molecule has 0 bridgehead atoms. The lowest BCUT2D eigenvalue weighted by molar-refractivity contribution is 0.708. The molecule has 1 aromatic heterocycles. The molecule has 0 N–H and O–H groups in total. The number of fused-ring (bicyclic) bond motifs is 1. The lowest BCUT2D eigenvalue weighted by Crippen LogP contribution is -2.23. The van der Waals surface area contributed by atoms with Gasteiger partial charge in [-0.25, -0.2) is 9.97 Å². The monoisotopic (exact) mass is 239 g/mol. The van der Waals surface area contributed by atoms with E-state index in [-0.39, 0.29) is 0 Å². The van der Waals surface area contributed by atoms with Crippen LogP contribution in [0.2, 0.25) is 0 Å². The van der Waals surface area contributed by atoms with Gasteiger partial charge < -0.3 is 4.90 Å². The Morgan fingerprint density at radius 3 is 2.88 bits per heavy atom. The van der Waals surface area contributed by atoms with Crippen LogP contribution in [0, 0.1) is 0 Å². The van der Waals surface area contributed by atoms with Crippen molar-refractivity contribution in [3.63, 3.8) is 0 Å². The summed E-state index contributed by atoms with van der Waals surface area (Å²) in [5.74, 6) is 1.71. The van der Waals surface area contributed by atoms with Crippen LogP contribution in [0.15, 0.2) is 6.33 Å². The second-order valence-electron chi connectivity index (χ2n) is 4.29. The van der Waals surface area contributed by atoms with E-state index in [1.165, 1.54) is 30.5 Å². The highest BCUT2D eigenvalue weighted by Crippen LogP contribution is 2.25. The van der Waals surface area contributed by atoms with Crippen LogP contribution in [0.5, 0.6) is 0 Å². The average Bonchev–Trinajstić information content (AvgIpc) is 2.53. The summed E-state index contributed by atoms with van der Waals surface area (Å²) in [7, 11) is 2.05. The van der Waals surface area contributed by atoms with E-state index in [9.17, 15) is 0 Å². The van der Waals surface area contributed by atoms with Crippen LogP contribution in [0.1, 0.15) is 30.5 Å². The molecule has 3 nitrogen and oxygen atoms in total. The van der Waals surface area contributed by atoms with E-state index in [0.717, 1.165) is 25.2 Å². The third-order valence-electron chi connectivity index (χ3n) is 3.13. The highest BCUT2D eigenvalue weighted by atomic mass is 35.5. The molecule has 2 rings (SSSR count). The second-order valence-corrected chi connectivity index (χ2v) is 4.67. The number of aromatic nitrogens is 2. The van der Waals surface area contributed by atoms with Crippen LogP contribution in [-0.2, 0) is 12.8 Å². The topological polar surface area (TPSA) is 29.0 Å². The van der Waals surface area contributed by atoms with Gasteiger partial charge >= 0.3 is 0 Å². The quantitative estimate of drug-likeness (QED) is 0.599. The molecule has 0 amide bonds. The first-order valence-electron chi connectivity index (χ1n) is 5.93. The van der Waals surface area contributed by atoms with Crippen molar-refractivity contribution in [3.8, 4) is 0 Å². The lowest BCUT2D eigenvalue weighted by Gasteiger charge is -2.20. The van der Waals surface area contributed by atoms with Gasteiger partial charge in [-0.2, -0.15) is 0 Å². The number of hydrogen-bond acceptors (Lipinski definition) is 3. The van der Waals surface area contributed by atoms with Crippen LogP contribution < -0.4 is 4.90 Å². The van der Waals surface area contributed by atoms with Gasteiger partial charge in [0.25, 0.3) is 0 Å². The zero-order valence-electron chi connectivity index (χ0n) is 9.75.